The number of hydrogen-bond donors (Lipinski definition) is 2. The zero-order valence-corrected chi connectivity index (χ0v) is 11.5. The molecular formula is C13H18N4S. The lowest BCUT2D eigenvalue weighted by Crippen LogP contribution is -2.31. The van der Waals surface area contributed by atoms with E-state index in [9.17, 15) is 0 Å². The molecule has 0 saturated heterocycles. The van der Waals surface area contributed by atoms with E-state index >= 15 is 0 Å². The molecule has 0 aliphatic carbocycles. The van der Waals surface area contributed by atoms with Gasteiger partial charge in [-0.3, -0.25) is 5.41 Å². The Morgan fingerprint density at radius 2 is 2.33 bits per heavy atom. The van der Waals surface area contributed by atoms with Gasteiger partial charge in [-0.25, -0.2) is 4.98 Å². The summed E-state index contributed by atoms with van der Waals surface area (Å²) in [6.07, 6.45) is 4.62. The highest BCUT2D eigenvalue weighted by Crippen LogP contribution is 2.25. The van der Waals surface area contributed by atoms with E-state index in [0.717, 1.165) is 18.8 Å². The standard InChI is InChI=1S/C13H18N4S/c1-13(2,12(14)15)5-7-17-8-6-16-11(17)10-4-3-9-18-10/h3-4,6,8-9H,5,7H2,1-2H3,(H3,14,15). The van der Waals surface area contributed by atoms with Crippen LogP contribution in [-0.4, -0.2) is 15.4 Å². The van der Waals surface area contributed by atoms with E-state index in [1.807, 2.05) is 37.7 Å². The first kappa shape index (κ1) is 12.8. The Hall–Kier alpha value is -1.62. The van der Waals surface area contributed by atoms with Gasteiger partial charge in [-0.2, -0.15) is 0 Å². The van der Waals surface area contributed by atoms with E-state index in [0.29, 0.717) is 0 Å². The molecule has 4 nitrogen and oxygen atoms in total. The summed E-state index contributed by atoms with van der Waals surface area (Å²) in [5, 5.41) is 9.62. The van der Waals surface area contributed by atoms with E-state index < -0.39 is 0 Å². The Bertz CT molecular complexity index is 525. The van der Waals surface area contributed by atoms with Crippen LogP contribution in [0.4, 0.5) is 0 Å². The molecule has 0 aromatic carbocycles. The Morgan fingerprint density at radius 3 is 2.94 bits per heavy atom. The fourth-order valence-electron chi connectivity index (χ4n) is 1.66. The summed E-state index contributed by atoms with van der Waals surface area (Å²) in [6, 6.07) is 4.10. The van der Waals surface area contributed by atoms with Gasteiger partial charge in [0.25, 0.3) is 0 Å². The maximum atomic E-state index is 7.57. The molecule has 0 fully saturated rings. The van der Waals surface area contributed by atoms with E-state index in [1.54, 1.807) is 11.3 Å². The van der Waals surface area contributed by atoms with Crippen molar-refractivity contribution in [3.8, 4) is 10.7 Å². The van der Waals surface area contributed by atoms with Crippen LogP contribution in [0.25, 0.3) is 10.7 Å². The minimum absolute atomic E-state index is 0.236. The molecule has 0 bridgehead atoms. The topological polar surface area (TPSA) is 67.7 Å². The molecule has 0 atom stereocenters. The molecule has 0 aliphatic heterocycles. The quantitative estimate of drug-likeness (QED) is 0.642. The number of thiophene rings is 1. The van der Waals surface area contributed by atoms with Crippen molar-refractivity contribution < 1.29 is 0 Å². The molecule has 0 radical (unpaired) electrons. The second-order valence-corrected chi connectivity index (χ2v) is 5.92. The first-order valence-electron chi connectivity index (χ1n) is 5.90. The molecular weight excluding hydrogens is 244 g/mol. The Morgan fingerprint density at radius 1 is 1.56 bits per heavy atom. The van der Waals surface area contributed by atoms with Crippen molar-refractivity contribution in [3.63, 3.8) is 0 Å². The summed E-state index contributed by atoms with van der Waals surface area (Å²) < 4.78 is 2.12. The summed E-state index contributed by atoms with van der Waals surface area (Å²) in [7, 11) is 0. The van der Waals surface area contributed by atoms with Gasteiger partial charge in [0.1, 0.15) is 5.82 Å². The molecule has 0 aliphatic rings. The van der Waals surface area contributed by atoms with Crippen molar-refractivity contribution in [1.82, 2.24) is 9.55 Å². The second kappa shape index (κ2) is 4.94. The van der Waals surface area contributed by atoms with Gasteiger partial charge < -0.3 is 10.3 Å². The normalized spacial score (nSPS) is 11.7. The average Bonchev–Trinajstić information content (AvgIpc) is 2.96. The summed E-state index contributed by atoms with van der Waals surface area (Å²) >= 11 is 1.68. The van der Waals surface area contributed by atoms with Gasteiger partial charge in [-0.05, 0) is 17.9 Å². The van der Waals surface area contributed by atoms with Crippen LogP contribution < -0.4 is 5.73 Å². The zero-order valence-electron chi connectivity index (χ0n) is 10.7. The van der Waals surface area contributed by atoms with Crippen molar-refractivity contribution in [3.05, 3.63) is 29.9 Å². The lowest BCUT2D eigenvalue weighted by molar-refractivity contribution is 0.429. The van der Waals surface area contributed by atoms with Gasteiger partial charge >= 0.3 is 0 Å². The molecule has 2 rings (SSSR count). The predicted molar refractivity (Wildman–Crippen MR) is 75.9 cm³/mol. The minimum Gasteiger partial charge on any atom is -0.387 e. The van der Waals surface area contributed by atoms with Crippen LogP contribution in [0.1, 0.15) is 20.3 Å². The average molecular weight is 262 g/mol. The van der Waals surface area contributed by atoms with Gasteiger partial charge in [0, 0.05) is 24.4 Å². The fourth-order valence-corrected chi connectivity index (χ4v) is 2.39. The summed E-state index contributed by atoms with van der Waals surface area (Å²) in [5.41, 5.74) is 5.34. The smallest absolute Gasteiger partial charge is 0.149 e. The maximum Gasteiger partial charge on any atom is 0.149 e. The zero-order chi connectivity index (χ0) is 13.2. The Labute approximate surface area is 111 Å². The number of nitrogens with one attached hydrogen (secondary N) is 1. The molecule has 0 saturated carbocycles. The number of amidine groups is 1. The third-order valence-corrected chi connectivity index (χ3v) is 4.03. The largest absolute Gasteiger partial charge is 0.387 e. The number of hydrogen-bond acceptors (Lipinski definition) is 3. The Kier molecular flexibility index (Phi) is 3.52. The van der Waals surface area contributed by atoms with Crippen molar-refractivity contribution in [2.24, 2.45) is 11.1 Å². The SMILES string of the molecule is CC(C)(CCn1ccnc1-c1cccs1)C(=N)N. The van der Waals surface area contributed by atoms with Crippen LogP contribution in [0.2, 0.25) is 0 Å². The minimum atomic E-state index is -0.267. The molecule has 2 heterocycles. The molecule has 0 unspecified atom stereocenters. The van der Waals surface area contributed by atoms with Crippen molar-refractivity contribution >= 4 is 17.2 Å². The molecule has 0 amide bonds. The number of aryl methyl sites for hydroxylation is 1. The van der Waals surface area contributed by atoms with Crippen molar-refractivity contribution in [1.29, 1.82) is 5.41 Å². The number of nitrogens with two attached hydrogens (primary N) is 1. The molecule has 96 valence electrons. The van der Waals surface area contributed by atoms with E-state index in [1.165, 1.54) is 4.88 Å². The van der Waals surface area contributed by atoms with Gasteiger partial charge in [-0.15, -0.1) is 11.3 Å². The molecule has 3 N–H and O–H groups in total. The summed E-state index contributed by atoms with van der Waals surface area (Å²) in [6.45, 7) is 4.81. The van der Waals surface area contributed by atoms with Crippen LogP contribution in [0.5, 0.6) is 0 Å². The highest BCUT2D eigenvalue weighted by atomic mass is 32.1. The molecule has 5 heteroatoms. The van der Waals surface area contributed by atoms with Gasteiger partial charge in [-0.1, -0.05) is 19.9 Å². The lowest BCUT2D eigenvalue weighted by Gasteiger charge is -2.23. The van der Waals surface area contributed by atoms with Gasteiger partial charge in [0.05, 0.1) is 10.7 Å². The predicted octanol–water partition coefficient (Wildman–Crippen LogP) is 2.96. The van der Waals surface area contributed by atoms with Crippen molar-refractivity contribution in [2.75, 3.05) is 0 Å². The summed E-state index contributed by atoms with van der Waals surface area (Å²) in [5.74, 6) is 1.23. The number of rotatable bonds is 5. The molecule has 18 heavy (non-hydrogen) atoms. The fraction of sp³-hybridized carbons (Fsp3) is 0.385. The van der Waals surface area contributed by atoms with Crippen molar-refractivity contribution in [2.45, 2.75) is 26.8 Å². The highest BCUT2D eigenvalue weighted by Gasteiger charge is 2.21. The van der Waals surface area contributed by atoms with Crippen LogP contribution in [-0.2, 0) is 6.54 Å². The number of aromatic nitrogens is 2. The van der Waals surface area contributed by atoms with Crippen LogP contribution in [0, 0.1) is 10.8 Å². The number of nitrogens with zero attached hydrogens (tertiary/aromatic N) is 2. The van der Waals surface area contributed by atoms with E-state index in [2.05, 4.69) is 15.6 Å². The van der Waals surface area contributed by atoms with Crippen LogP contribution in [0.15, 0.2) is 29.9 Å². The van der Waals surface area contributed by atoms with E-state index in [4.69, 9.17) is 11.1 Å². The van der Waals surface area contributed by atoms with Gasteiger partial charge in [0.2, 0.25) is 0 Å². The second-order valence-electron chi connectivity index (χ2n) is 4.97. The van der Waals surface area contributed by atoms with Gasteiger partial charge in [0.15, 0.2) is 0 Å². The van der Waals surface area contributed by atoms with E-state index in [-0.39, 0.29) is 11.3 Å². The maximum absolute atomic E-state index is 7.57. The lowest BCUT2D eigenvalue weighted by atomic mass is 9.88. The van der Waals surface area contributed by atoms with Crippen LogP contribution in [0.3, 0.4) is 0 Å². The monoisotopic (exact) mass is 262 g/mol. The first-order chi connectivity index (χ1) is 8.50. The highest BCUT2D eigenvalue weighted by molar-refractivity contribution is 7.13. The molecule has 2 aromatic rings. The van der Waals surface area contributed by atoms with Crippen LogP contribution >= 0.6 is 11.3 Å². The summed E-state index contributed by atoms with van der Waals surface area (Å²) in [4.78, 5) is 5.56. The first-order valence-corrected chi connectivity index (χ1v) is 6.78. The third-order valence-electron chi connectivity index (χ3n) is 3.16. The number of imidazole rings is 1. The Balaban J connectivity index is 2.12. The molecule has 2 aromatic heterocycles. The third kappa shape index (κ3) is 2.61. The molecule has 0 spiro atoms.